The molecule has 4 aromatic rings. The number of ketones is 1. The average molecular weight is 613 g/mol. The van der Waals surface area contributed by atoms with Crippen LogP contribution in [0.15, 0.2) is 54.4 Å². The normalized spacial score (nSPS) is 12.6. The average Bonchev–Trinajstić information content (AvgIpc) is 3.56. The Morgan fingerprint density at radius 1 is 1.14 bits per heavy atom. The Bertz CT molecular complexity index is 1850. The second-order valence-electron chi connectivity index (χ2n) is 9.99. The van der Waals surface area contributed by atoms with Crippen LogP contribution in [0.4, 0.5) is 19.0 Å². The number of sulfone groups is 1. The van der Waals surface area contributed by atoms with E-state index in [4.69, 9.17) is 15.2 Å². The van der Waals surface area contributed by atoms with Crippen molar-refractivity contribution in [1.29, 1.82) is 0 Å². The van der Waals surface area contributed by atoms with Crippen LogP contribution in [0.25, 0.3) is 11.8 Å². The molecule has 1 aliphatic carbocycles. The van der Waals surface area contributed by atoms with Gasteiger partial charge in [0.05, 0.1) is 48.9 Å². The van der Waals surface area contributed by atoms with Crippen LogP contribution >= 0.6 is 0 Å². The minimum absolute atomic E-state index is 0.0498. The summed E-state index contributed by atoms with van der Waals surface area (Å²) in [5.74, 6) is -2.92. The molecule has 0 amide bonds. The van der Waals surface area contributed by atoms with Gasteiger partial charge in [0.15, 0.2) is 27.3 Å². The number of benzene rings is 2. The van der Waals surface area contributed by atoms with Crippen molar-refractivity contribution in [3.63, 3.8) is 0 Å². The minimum Gasteiger partial charge on any atom is -0.496 e. The first-order chi connectivity index (χ1) is 20.5. The van der Waals surface area contributed by atoms with Crippen LogP contribution in [-0.4, -0.2) is 48.5 Å². The van der Waals surface area contributed by atoms with E-state index in [9.17, 15) is 26.4 Å². The largest absolute Gasteiger partial charge is 0.496 e. The van der Waals surface area contributed by atoms with Gasteiger partial charge >= 0.3 is 0 Å². The topological polar surface area (TPSA) is 126 Å². The van der Waals surface area contributed by atoms with Gasteiger partial charge in [-0.1, -0.05) is 12.1 Å². The summed E-state index contributed by atoms with van der Waals surface area (Å²) in [7, 11) is -2.13. The predicted octanol–water partition coefficient (Wildman–Crippen LogP) is 5.33. The number of hydrogen-bond acceptors (Lipinski definition) is 8. The molecule has 0 saturated carbocycles. The lowest BCUT2D eigenvalue weighted by Crippen LogP contribution is -2.11. The highest BCUT2D eigenvalue weighted by molar-refractivity contribution is 7.90. The van der Waals surface area contributed by atoms with Gasteiger partial charge in [-0.2, -0.15) is 5.10 Å². The quantitative estimate of drug-likeness (QED) is 0.225. The minimum atomic E-state index is -3.55. The van der Waals surface area contributed by atoms with Crippen molar-refractivity contribution < 1.29 is 35.9 Å². The number of Topliss-reactive ketones (excluding diaryl/α,β-unsaturated/α-hetero) is 1. The number of alkyl halides is 1. The van der Waals surface area contributed by atoms with Crippen molar-refractivity contribution in [3.05, 3.63) is 93.8 Å². The number of nitrogens with two attached hydrogens (primary N) is 1. The van der Waals surface area contributed by atoms with E-state index in [1.807, 2.05) is 0 Å². The number of fused-ring (bicyclic) bond motifs is 1. The molecule has 2 heterocycles. The Morgan fingerprint density at radius 3 is 2.56 bits per heavy atom. The summed E-state index contributed by atoms with van der Waals surface area (Å²) in [6, 6.07) is 8.18. The van der Waals surface area contributed by atoms with Crippen LogP contribution in [0.3, 0.4) is 0 Å². The molecule has 0 radical (unpaired) electrons. The number of carbonyl (C=O) groups is 1. The third-order valence-electron chi connectivity index (χ3n) is 6.97. The lowest BCUT2D eigenvalue weighted by atomic mass is 10.0. The van der Waals surface area contributed by atoms with E-state index in [1.54, 1.807) is 25.1 Å². The molecule has 2 aromatic heterocycles. The van der Waals surface area contributed by atoms with Crippen molar-refractivity contribution in [2.45, 2.75) is 25.5 Å². The van der Waals surface area contributed by atoms with E-state index in [1.165, 1.54) is 36.3 Å². The van der Waals surface area contributed by atoms with E-state index >= 15 is 0 Å². The number of para-hydroxylation sites is 1. The number of ether oxygens (including phenoxy) is 2. The number of rotatable bonds is 11. The number of hydrogen-bond donors (Lipinski definition) is 1. The number of aryl methyl sites for hydroxylation is 1. The molecule has 0 spiro atoms. The van der Waals surface area contributed by atoms with Gasteiger partial charge in [-0.3, -0.25) is 9.18 Å². The molecule has 1 aliphatic rings. The highest BCUT2D eigenvalue weighted by Crippen LogP contribution is 2.35. The number of aromatic nitrogens is 3. The fourth-order valence-corrected chi connectivity index (χ4v) is 6.23. The van der Waals surface area contributed by atoms with Crippen molar-refractivity contribution in [2.24, 2.45) is 0 Å². The predicted molar refractivity (Wildman–Crippen MR) is 154 cm³/mol. The number of nitrogen functional groups attached to an aromatic ring is 1. The molecule has 2 aromatic carbocycles. The highest BCUT2D eigenvalue weighted by atomic mass is 32.2. The highest BCUT2D eigenvalue weighted by Gasteiger charge is 2.26. The summed E-state index contributed by atoms with van der Waals surface area (Å²) in [5.41, 5.74) is 9.77. The van der Waals surface area contributed by atoms with Crippen molar-refractivity contribution in [3.8, 4) is 23.1 Å². The first kappa shape index (κ1) is 29.8. The van der Waals surface area contributed by atoms with Gasteiger partial charge in [0, 0.05) is 23.6 Å². The number of allylic oxidation sites excluding steroid dienone is 1. The molecule has 0 atom stereocenters. The van der Waals surface area contributed by atoms with Gasteiger partial charge in [0.1, 0.15) is 11.6 Å². The van der Waals surface area contributed by atoms with Gasteiger partial charge in [-0.15, -0.1) is 0 Å². The van der Waals surface area contributed by atoms with Crippen LogP contribution in [0.5, 0.6) is 17.4 Å². The third-order valence-corrected chi connectivity index (χ3v) is 8.63. The van der Waals surface area contributed by atoms with Gasteiger partial charge < -0.3 is 15.2 Å². The number of methoxy groups -OCH3 is 1. The fraction of sp³-hybridized carbons (Fsp3) is 0.233. The molecule has 224 valence electrons. The smallest absolute Gasteiger partial charge is 0.219 e. The third kappa shape index (κ3) is 6.12. The Hall–Kier alpha value is -4.65. The maximum Gasteiger partial charge on any atom is 0.219 e. The Morgan fingerprint density at radius 2 is 1.88 bits per heavy atom. The zero-order valence-corrected chi connectivity index (χ0v) is 24.1. The lowest BCUT2D eigenvalue weighted by molar-refractivity contribution is 0.103. The molecular weight excluding hydrogens is 585 g/mol. The summed E-state index contributed by atoms with van der Waals surface area (Å²) in [5, 5.41) is 4.27. The molecule has 2 N–H and O–H groups in total. The molecule has 0 aliphatic heterocycles. The Labute approximate surface area is 245 Å². The summed E-state index contributed by atoms with van der Waals surface area (Å²) >= 11 is 0. The Balaban J connectivity index is 1.36. The first-order valence-corrected chi connectivity index (χ1v) is 15.0. The Kier molecular flexibility index (Phi) is 8.27. The van der Waals surface area contributed by atoms with E-state index in [0.717, 1.165) is 17.7 Å². The summed E-state index contributed by atoms with van der Waals surface area (Å²) in [4.78, 5) is 17.6. The maximum absolute atomic E-state index is 14.0. The second kappa shape index (κ2) is 11.9. The van der Waals surface area contributed by atoms with Gasteiger partial charge in [0.25, 0.3) is 0 Å². The molecule has 0 fully saturated rings. The lowest BCUT2D eigenvalue weighted by Gasteiger charge is -2.12. The SMILES string of the molecule is COc1cc2c(cc1CS(=O)(=O)CCCF)CC(C(=O)c1cnn(-c3cnc(Oc4c(F)cccc4F)cc3C)c1N)=C2. The molecule has 0 bridgehead atoms. The summed E-state index contributed by atoms with van der Waals surface area (Å²) in [6.07, 6.45) is 4.55. The van der Waals surface area contributed by atoms with Crippen LogP contribution in [0, 0.1) is 18.6 Å². The van der Waals surface area contributed by atoms with E-state index in [2.05, 4.69) is 10.1 Å². The molecule has 5 rings (SSSR count). The van der Waals surface area contributed by atoms with Crippen LogP contribution in [0.1, 0.15) is 39.0 Å². The van der Waals surface area contributed by atoms with Crippen molar-refractivity contribution in [1.82, 2.24) is 14.8 Å². The van der Waals surface area contributed by atoms with Gasteiger partial charge in [-0.05, 0) is 54.3 Å². The van der Waals surface area contributed by atoms with Crippen LogP contribution in [0.2, 0.25) is 0 Å². The van der Waals surface area contributed by atoms with Crippen molar-refractivity contribution in [2.75, 3.05) is 25.3 Å². The molecule has 43 heavy (non-hydrogen) atoms. The molecule has 9 nitrogen and oxygen atoms in total. The van der Waals surface area contributed by atoms with E-state index in [-0.39, 0.29) is 47.4 Å². The monoisotopic (exact) mass is 612 g/mol. The summed E-state index contributed by atoms with van der Waals surface area (Å²) < 4.78 is 77.4. The molecule has 0 saturated heterocycles. The van der Waals surface area contributed by atoms with E-state index < -0.39 is 33.9 Å². The standard InChI is InChI=1S/C30H27F3N4O5S/c1-17-9-27(42-29-23(32)5-3-6-24(29)33)35-15-25(17)37-30(34)22(14-36-37)28(38)20-10-18-12-21(16-43(39,40)8-4-7-31)26(41-2)13-19(18)11-20/h3,5-6,9,11-15H,4,7-8,10,16,34H2,1-2H3. The van der Waals surface area contributed by atoms with Crippen molar-refractivity contribution >= 4 is 27.5 Å². The van der Waals surface area contributed by atoms with Gasteiger partial charge in [0.2, 0.25) is 11.6 Å². The summed E-state index contributed by atoms with van der Waals surface area (Å²) in [6.45, 7) is 0.977. The number of halogens is 3. The zero-order valence-electron chi connectivity index (χ0n) is 23.2. The fourth-order valence-electron chi connectivity index (χ4n) is 4.84. The second-order valence-corrected chi connectivity index (χ2v) is 12.2. The number of pyridine rings is 1. The molecule has 13 heteroatoms. The number of anilines is 1. The first-order valence-electron chi connectivity index (χ1n) is 13.1. The maximum atomic E-state index is 14.0. The molecular formula is C30H27F3N4O5S. The zero-order chi connectivity index (χ0) is 30.9. The number of nitrogens with zero attached hydrogens (tertiary/aromatic N) is 3. The van der Waals surface area contributed by atoms with Crippen LogP contribution < -0.4 is 15.2 Å². The molecule has 0 unspecified atom stereocenters. The number of carbonyl (C=O) groups excluding carboxylic acids is 1. The van der Waals surface area contributed by atoms with Crippen LogP contribution in [-0.2, 0) is 22.0 Å². The van der Waals surface area contributed by atoms with Gasteiger partial charge in [-0.25, -0.2) is 26.9 Å². The van der Waals surface area contributed by atoms with E-state index in [0.29, 0.717) is 33.7 Å².